The highest BCUT2D eigenvalue weighted by atomic mass is 16.5. The molecule has 0 saturated carbocycles. The molecule has 3 aromatic carbocycles. The summed E-state index contributed by atoms with van der Waals surface area (Å²) in [7, 11) is 1.57. The molecule has 0 spiro atoms. The van der Waals surface area contributed by atoms with Crippen molar-refractivity contribution in [1.29, 1.82) is 0 Å². The second kappa shape index (κ2) is 11.1. The fourth-order valence-corrected chi connectivity index (χ4v) is 4.66. The van der Waals surface area contributed by atoms with Crippen LogP contribution in [0.3, 0.4) is 0 Å². The molecule has 1 N–H and O–H groups in total. The zero-order valence-electron chi connectivity index (χ0n) is 22.7. The number of carbonyl (C=O) groups excluding carboxylic acids is 2. The first-order valence-corrected chi connectivity index (χ1v) is 12.9. The Kier molecular flexibility index (Phi) is 7.91. The van der Waals surface area contributed by atoms with Crippen molar-refractivity contribution < 1.29 is 24.2 Å². The molecule has 0 radical (unpaired) electrons. The van der Waals surface area contributed by atoms with Crippen molar-refractivity contribution in [3.8, 4) is 11.5 Å². The third kappa shape index (κ3) is 5.44. The second-order valence-corrected chi connectivity index (χ2v) is 10.5. The Morgan fingerprint density at radius 3 is 2.21 bits per heavy atom. The van der Waals surface area contributed by atoms with E-state index in [0.717, 1.165) is 23.1 Å². The van der Waals surface area contributed by atoms with Gasteiger partial charge in [0.05, 0.1) is 31.9 Å². The number of hydrogen-bond acceptors (Lipinski definition) is 5. The Labute approximate surface area is 224 Å². The highest BCUT2D eigenvalue weighted by Gasteiger charge is 2.46. The Hall–Kier alpha value is -4.06. The van der Waals surface area contributed by atoms with E-state index < -0.39 is 17.7 Å². The van der Waals surface area contributed by atoms with Crippen molar-refractivity contribution in [3.63, 3.8) is 0 Å². The predicted molar refractivity (Wildman–Crippen MR) is 148 cm³/mol. The summed E-state index contributed by atoms with van der Waals surface area (Å²) in [5.41, 5.74) is 3.10. The van der Waals surface area contributed by atoms with Crippen LogP contribution in [0.2, 0.25) is 0 Å². The summed E-state index contributed by atoms with van der Waals surface area (Å²) in [6, 6.07) is 21.4. The summed E-state index contributed by atoms with van der Waals surface area (Å²) in [6.45, 7) is 9.15. The highest BCUT2D eigenvalue weighted by molar-refractivity contribution is 6.46. The summed E-state index contributed by atoms with van der Waals surface area (Å²) in [5, 5.41) is 11.4. The van der Waals surface area contributed by atoms with E-state index in [1.165, 1.54) is 4.90 Å². The maximum Gasteiger partial charge on any atom is 0.295 e. The highest BCUT2D eigenvalue weighted by Crippen LogP contribution is 2.41. The molecule has 1 amide bonds. The molecule has 1 atom stereocenters. The van der Waals surface area contributed by atoms with E-state index >= 15 is 0 Å². The van der Waals surface area contributed by atoms with E-state index in [4.69, 9.17) is 9.47 Å². The molecule has 4 rings (SSSR count). The third-order valence-electron chi connectivity index (χ3n) is 6.77. The van der Waals surface area contributed by atoms with Gasteiger partial charge >= 0.3 is 0 Å². The van der Waals surface area contributed by atoms with Crippen LogP contribution in [0.5, 0.6) is 11.5 Å². The van der Waals surface area contributed by atoms with Gasteiger partial charge in [0.15, 0.2) is 0 Å². The van der Waals surface area contributed by atoms with Crippen LogP contribution in [-0.2, 0) is 21.5 Å². The first-order valence-electron chi connectivity index (χ1n) is 12.9. The number of para-hydroxylation sites is 1. The minimum absolute atomic E-state index is 0.0562. The van der Waals surface area contributed by atoms with Gasteiger partial charge in [0.2, 0.25) is 0 Å². The van der Waals surface area contributed by atoms with Gasteiger partial charge in [0, 0.05) is 11.1 Å². The lowest BCUT2D eigenvalue weighted by Gasteiger charge is -2.27. The first-order chi connectivity index (χ1) is 18.2. The maximum absolute atomic E-state index is 13.4. The summed E-state index contributed by atoms with van der Waals surface area (Å²) in [6.07, 6.45) is 0.880. The summed E-state index contributed by atoms with van der Waals surface area (Å²) >= 11 is 0. The molecule has 6 nitrogen and oxygen atoms in total. The molecule has 1 unspecified atom stereocenters. The predicted octanol–water partition coefficient (Wildman–Crippen LogP) is 6.40. The van der Waals surface area contributed by atoms with E-state index in [1.807, 2.05) is 55.5 Å². The number of rotatable bonds is 8. The molecule has 1 fully saturated rings. The number of nitrogens with zero attached hydrogens (tertiary/aromatic N) is 1. The molecule has 0 bridgehead atoms. The number of likely N-dealkylation sites (tertiary alicyclic amines) is 1. The molecule has 1 aliphatic heterocycles. The van der Waals surface area contributed by atoms with E-state index in [0.29, 0.717) is 23.7 Å². The number of aliphatic hydroxyl groups is 1. The van der Waals surface area contributed by atoms with E-state index in [9.17, 15) is 14.7 Å². The van der Waals surface area contributed by atoms with Gasteiger partial charge in [-0.25, -0.2) is 0 Å². The van der Waals surface area contributed by atoms with Crippen LogP contribution in [0.4, 0.5) is 0 Å². The number of ether oxygens (including phenoxy) is 2. The van der Waals surface area contributed by atoms with Crippen LogP contribution in [-0.4, -0.2) is 35.4 Å². The molecule has 1 heterocycles. The van der Waals surface area contributed by atoms with Crippen molar-refractivity contribution in [1.82, 2.24) is 4.90 Å². The molecular weight excluding hydrogens is 478 g/mol. The number of ketones is 1. The fraction of sp³-hybridized carbons (Fsp3) is 0.312. The van der Waals surface area contributed by atoms with Gasteiger partial charge in [0.1, 0.15) is 17.3 Å². The average Bonchev–Trinajstić information content (AvgIpc) is 3.16. The van der Waals surface area contributed by atoms with Crippen molar-refractivity contribution in [2.75, 3.05) is 13.7 Å². The summed E-state index contributed by atoms with van der Waals surface area (Å²) < 4.78 is 11.1. The standard InChI is InChI=1S/C32H35NO5/c1-6-19-38-25-17-13-22(14-18-25)29(34)27-28(21-11-15-24(16-12-21)32(2,3)4)33(31(36)30(27)35)20-23-9-7-8-10-26(23)37-5/h7-18,28,34H,6,19-20H2,1-5H3/b29-27-. The SMILES string of the molecule is CCCOc1ccc(/C(O)=C2/C(=O)C(=O)N(Cc3ccccc3OC)C2c2ccc(C(C)(C)C)cc2)cc1. The van der Waals surface area contributed by atoms with Gasteiger partial charge in [0.25, 0.3) is 11.7 Å². The zero-order chi connectivity index (χ0) is 27.4. The second-order valence-electron chi connectivity index (χ2n) is 10.5. The van der Waals surface area contributed by atoms with E-state index in [-0.39, 0.29) is 23.3 Å². The molecule has 0 aliphatic carbocycles. The van der Waals surface area contributed by atoms with Gasteiger partial charge in [-0.3, -0.25) is 9.59 Å². The van der Waals surface area contributed by atoms with Gasteiger partial charge in [-0.1, -0.05) is 70.2 Å². The summed E-state index contributed by atoms with van der Waals surface area (Å²) in [5.74, 6) is -0.287. The van der Waals surface area contributed by atoms with Crippen LogP contribution < -0.4 is 9.47 Å². The van der Waals surface area contributed by atoms with Crippen LogP contribution in [0.1, 0.15) is 62.4 Å². The molecule has 1 saturated heterocycles. The Morgan fingerprint density at radius 2 is 1.61 bits per heavy atom. The Bertz CT molecular complexity index is 1330. The van der Waals surface area contributed by atoms with E-state index in [1.54, 1.807) is 31.4 Å². The van der Waals surface area contributed by atoms with Crippen molar-refractivity contribution in [3.05, 3.63) is 101 Å². The fourth-order valence-electron chi connectivity index (χ4n) is 4.66. The molecular formula is C32H35NO5. The third-order valence-corrected chi connectivity index (χ3v) is 6.77. The number of carbonyl (C=O) groups is 2. The van der Waals surface area contributed by atoms with Crippen LogP contribution in [0, 0.1) is 0 Å². The van der Waals surface area contributed by atoms with Crippen molar-refractivity contribution >= 4 is 17.4 Å². The van der Waals surface area contributed by atoms with Crippen LogP contribution >= 0.6 is 0 Å². The van der Waals surface area contributed by atoms with E-state index in [2.05, 4.69) is 20.8 Å². The normalized spacial score (nSPS) is 17.1. The maximum atomic E-state index is 13.4. The Balaban J connectivity index is 1.81. The minimum Gasteiger partial charge on any atom is -0.507 e. The molecule has 198 valence electrons. The molecule has 6 heteroatoms. The molecule has 38 heavy (non-hydrogen) atoms. The first kappa shape index (κ1) is 27.0. The lowest BCUT2D eigenvalue weighted by atomic mass is 9.85. The van der Waals surface area contributed by atoms with Crippen molar-refractivity contribution in [2.24, 2.45) is 0 Å². The minimum atomic E-state index is -0.759. The number of Topliss-reactive ketones (excluding diaryl/α,β-unsaturated/α-hetero) is 1. The molecule has 1 aliphatic rings. The summed E-state index contributed by atoms with van der Waals surface area (Å²) in [4.78, 5) is 28.3. The van der Waals surface area contributed by atoms with Gasteiger partial charge in [-0.15, -0.1) is 0 Å². The lowest BCUT2D eigenvalue weighted by molar-refractivity contribution is -0.140. The van der Waals surface area contributed by atoms with Crippen LogP contribution in [0.25, 0.3) is 5.76 Å². The number of methoxy groups -OCH3 is 1. The van der Waals surface area contributed by atoms with Crippen molar-refractivity contribution in [2.45, 2.75) is 52.1 Å². The van der Waals surface area contributed by atoms with Gasteiger partial charge in [-0.05, 0) is 53.3 Å². The molecule has 0 aromatic heterocycles. The topological polar surface area (TPSA) is 76.1 Å². The van der Waals surface area contributed by atoms with Gasteiger partial charge < -0.3 is 19.5 Å². The number of aliphatic hydroxyl groups excluding tert-OH is 1. The van der Waals surface area contributed by atoms with Crippen LogP contribution in [0.15, 0.2) is 78.4 Å². The smallest absolute Gasteiger partial charge is 0.295 e. The number of hydrogen-bond donors (Lipinski definition) is 1. The lowest BCUT2D eigenvalue weighted by Crippen LogP contribution is -2.29. The Morgan fingerprint density at radius 1 is 0.947 bits per heavy atom. The van der Waals surface area contributed by atoms with Gasteiger partial charge in [-0.2, -0.15) is 0 Å². The number of benzene rings is 3. The zero-order valence-corrected chi connectivity index (χ0v) is 22.7. The molecule has 3 aromatic rings. The number of amides is 1. The quantitative estimate of drug-likeness (QED) is 0.214. The monoisotopic (exact) mass is 513 g/mol. The largest absolute Gasteiger partial charge is 0.507 e. The average molecular weight is 514 g/mol.